The van der Waals surface area contributed by atoms with E-state index in [2.05, 4.69) is 21.0 Å². The van der Waals surface area contributed by atoms with Crippen molar-refractivity contribution in [1.82, 2.24) is 0 Å². The molecule has 4 nitrogen and oxygen atoms in total. The summed E-state index contributed by atoms with van der Waals surface area (Å²) in [4.78, 5) is 0. The zero-order valence-electron chi connectivity index (χ0n) is 15.7. The van der Waals surface area contributed by atoms with E-state index in [0.717, 1.165) is 17.6 Å². The molecule has 0 spiro atoms. The molecule has 0 aromatic carbocycles. The van der Waals surface area contributed by atoms with Crippen LogP contribution in [0, 0.1) is 0 Å². The lowest BCUT2D eigenvalue weighted by atomic mass is 10.1. The summed E-state index contributed by atoms with van der Waals surface area (Å²) >= 11 is 0. The molecule has 23 heavy (non-hydrogen) atoms. The second-order valence-corrected chi connectivity index (χ2v) is 9.06. The maximum Gasteiger partial charge on any atom is 0.0948 e. The first-order valence-corrected chi connectivity index (χ1v) is 11.1. The first-order valence-electron chi connectivity index (χ1n) is 9.52. The third-order valence-corrected chi connectivity index (χ3v) is 5.31. The van der Waals surface area contributed by atoms with Gasteiger partial charge in [0.1, 0.15) is 0 Å². The lowest BCUT2D eigenvalue weighted by Crippen LogP contribution is -2.41. The number of hydrogen-bond donors (Lipinski definition) is 0. The molecule has 140 valence electrons. The number of unbranched alkanes of at least 4 members (excludes halogenated alkanes) is 10. The van der Waals surface area contributed by atoms with Crippen LogP contribution in [0.25, 0.3) is 0 Å². The van der Waals surface area contributed by atoms with Crippen molar-refractivity contribution in [1.29, 1.82) is 0 Å². The van der Waals surface area contributed by atoms with E-state index < -0.39 is 10.1 Å². The molecule has 0 amide bonds. The van der Waals surface area contributed by atoms with Crippen molar-refractivity contribution in [2.45, 2.75) is 84.0 Å². The van der Waals surface area contributed by atoms with Crippen LogP contribution in [0.2, 0.25) is 0 Å². The van der Waals surface area contributed by atoms with Gasteiger partial charge in [-0.1, -0.05) is 64.7 Å². The predicted molar refractivity (Wildman–Crippen MR) is 97.5 cm³/mol. The minimum Gasteiger partial charge on any atom is -0.748 e. The lowest BCUT2D eigenvalue weighted by molar-refractivity contribution is -0.890. The van der Waals surface area contributed by atoms with Gasteiger partial charge in [0, 0.05) is 12.2 Å². The van der Waals surface area contributed by atoms with E-state index in [9.17, 15) is 13.0 Å². The van der Waals surface area contributed by atoms with E-state index in [1.165, 1.54) is 70.6 Å². The zero-order chi connectivity index (χ0) is 17.6. The molecule has 0 rings (SSSR count). The van der Waals surface area contributed by atoms with Gasteiger partial charge < -0.3 is 9.04 Å². The highest BCUT2D eigenvalue weighted by Gasteiger charge is 2.14. The number of rotatable bonds is 16. The van der Waals surface area contributed by atoms with Crippen molar-refractivity contribution in [3.8, 4) is 0 Å². The molecule has 0 aliphatic heterocycles. The van der Waals surface area contributed by atoms with Crippen LogP contribution in [0.5, 0.6) is 0 Å². The Kier molecular flexibility index (Phi) is 13.1. The van der Waals surface area contributed by atoms with E-state index in [0.29, 0.717) is 6.42 Å². The maximum atomic E-state index is 10.6. The highest BCUT2D eigenvalue weighted by atomic mass is 32.2. The van der Waals surface area contributed by atoms with E-state index in [-0.39, 0.29) is 5.75 Å². The summed E-state index contributed by atoms with van der Waals surface area (Å²) in [5, 5.41) is 0. The topological polar surface area (TPSA) is 57.2 Å². The van der Waals surface area contributed by atoms with E-state index in [4.69, 9.17) is 0 Å². The van der Waals surface area contributed by atoms with Crippen LogP contribution in [-0.4, -0.2) is 50.4 Å². The normalized spacial score (nSPS) is 12.7. The van der Waals surface area contributed by atoms with Crippen LogP contribution in [0.1, 0.15) is 84.0 Å². The van der Waals surface area contributed by atoms with Gasteiger partial charge in [-0.25, -0.2) is 8.42 Å². The summed E-state index contributed by atoms with van der Waals surface area (Å²) in [6, 6.07) is 0. The molecule has 5 heteroatoms. The third-order valence-electron chi connectivity index (χ3n) is 4.52. The van der Waals surface area contributed by atoms with Gasteiger partial charge in [0.25, 0.3) is 0 Å². The van der Waals surface area contributed by atoms with E-state index in [1.54, 1.807) is 0 Å². The minimum atomic E-state index is -4.05. The van der Waals surface area contributed by atoms with Gasteiger partial charge in [-0.05, 0) is 12.8 Å². The van der Waals surface area contributed by atoms with Gasteiger partial charge in [0.2, 0.25) is 0 Å². The van der Waals surface area contributed by atoms with Gasteiger partial charge >= 0.3 is 0 Å². The molecule has 0 fully saturated rings. The summed E-state index contributed by atoms with van der Waals surface area (Å²) in [5.41, 5.74) is 0. The quantitative estimate of drug-likeness (QED) is 0.237. The Hall–Kier alpha value is -0.130. The first-order chi connectivity index (χ1) is 10.8. The van der Waals surface area contributed by atoms with Gasteiger partial charge in [0.15, 0.2) is 0 Å². The van der Waals surface area contributed by atoms with Crippen LogP contribution in [0.4, 0.5) is 0 Å². The summed E-state index contributed by atoms with van der Waals surface area (Å²) in [5.74, 6) is -0.229. The standard InChI is InChI=1S/C18H39NO3S/c1-4-5-6-7-8-9-10-11-12-13-14-16-19(2,3)17-15-18-23(20,21)22/h4-18H2,1-3H3. The molecule has 0 radical (unpaired) electrons. The van der Waals surface area contributed by atoms with Gasteiger partial charge in [-0.15, -0.1) is 0 Å². The van der Waals surface area contributed by atoms with Crippen LogP contribution < -0.4 is 0 Å². The highest BCUT2D eigenvalue weighted by molar-refractivity contribution is 7.85. The van der Waals surface area contributed by atoms with Gasteiger partial charge in [-0.3, -0.25) is 0 Å². The second kappa shape index (κ2) is 13.2. The molecule has 0 aromatic rings. The molecule has 0 aromatic heterocycles. The van der Waals surface area contributed by atoms with Crippen molar-refractivity contribution in [2.24, 2.45) is 0 Å². The Morgan fingerprint density at radius 2 is 1.09 bits per heavy atom. The van der Waals surface area contributed by atoms with Crippen molar-refractivity contribution in [3.63, 3.8) is 0 Å². The predicted octanol–water partition coefficient (Wildman–Crippen LogP) is 4.31. The fourth-order valence-corrected chi connectivity index (χ4v) is 3.47. The first kappa shape index (κ1) is 22.9. The highest BCUT2D eigenvalue weighted by Crippen LogP contribution is 2.12. The minimum absolute atomic E-state index is 0.229. The fraction of sp³-hybridized carbons (Fsp3) is 1.00. The van der Waals surface area contributed by atoms with Crippen molar-refractivity contribution in [3.05, 3.63) is 0 Å². The summed E-state index contributed by atoms with van der Waals surface area (Å²) < 4.78 is 32.7. The molecule has 0 aliphatic rings. The molecule has 0 heterocycles. The zero-order valence-corrected chi connectivity index (χ0v) is 16.5. The maximum absolute atomic E-state index is 10.6. The average Bonchev–Trinajstić information content (AvgIpc) is 2.43. The molecule has 0 N–H and O–H groups in total. The van der Waals surface area contributed by atoms with Crippen molar-refractivity contribution < 1.29 is 17.5 Å². The SMILES string of the molecule is CCCCCCCCCCCCC[N+](C)(C)CCCS(=O)(=O)[O-]. The van der Waals surface area contributed by atoms with E-state index >= 15 is 0 Å². The van der Waals surface area contributed by atoms with Crippen molar-refractivity contribution >= 4 is 10.1 Å². The van der Waals surface area contributed by atoms with Crippen molar-refractivity contribution in [2.75, 3.05) is 32.9 Å². The molecular weight excluding hydrogens is 310 g/mol. The Morgan fingerprint density at radius 1 is 0.696 bits per heavy atom. The summed E-state index contributed by atoms with van der Waals surface area (Å²) in [6.45, 7) is 4.08. The molecular formula is C18H39NO3S. The number of quaternary nitrogens is 1. The molecule has 0 unspecified atom stereocenters. The van der Waals surface area contributed by atoms with Crippen LogP contribution in [-0.2, 0) is 10.1 Å². The Bertz CT molecular complexity index is 366. The van der Waals surface area contributed by atoms with E-state index in [1.807, 2.05) is 0 Å². The molecule has 0 saturated heterocycles. The summed E-state index contributed by atoms with van der Waals surface area (Å²) in [6.07, 6.45) is 15.2. The van der Waals surface area contributed by atoms with Gasteiger partial charge in [-0.2, -0.15) is 0 Å². The largest absolute Gasteiger partial charge is 0.748 e. The molecule has 0 saturated carbocycles. The molecule has 0 aliphatic carbocycles. The third kappa shape index (κ3) is 18.1. The monoisotopic (exact) mass is 349 g/mol. The smallest absolute Gasteiger partial charge is 0.0948 e. The Balaban J connectivity index is 3.42. The second-order valence-electron chi connectivity index (χ2n) is 7.53. The van der Waals surface area contributed by atoms with Crippen LogP contribution in [0.15, 0.2) is 0 Å². The van der Waals surface area contributed by atoms with Gasteiger partial charge in [0.05, 0.1) is 37.3 Å². The average molecular weight is 350 g/mol. The fourth-order valence-electron chi connectivity index (χ4n) is 2.99. The molecule has 0 atom stereocenters. The van der Waals surface area contributed by atoms with Crippen LogP contribution >= 0.6 is 0 Å². The lowest BCUT2D eigenvalue weighted by Gasteiger charge is -2.30. The Labute approximate surface area is 145 Å². The van der Waals surface area contributed by atoms with Crippen LogP contribution in [0.3, 0.4) is 0 Å². The molecule has 0 bridgehead atoms. The Morgan fingerprint density at radius 3 is 1.52 bits per heavy atom. The number of hydrogen-bond acceptors (Lipinski definition) is 3. The summed E-state index contributed by atoms with van der Waals surface area (Å²) in [7, 11) is 0.185. The number of nitrogens with zero attached hydrogens (tertiary/aromatic N) is 1.